The number of aryl methyl sites for hydroxylation is 2. The number of nitrogens with one attached hydrogen (secondary N) is 4. The average Bonchev–Trinajstić information content (AvgIpc) is 3.02. The second-order valence-electron chi connectivity index (χ2n) is 11.2. The Labute approximate surface area is 261 Å². The van der Waals surface area contributed by atoms with Gasteiger partial charge in [0.2, 0.25) is 11.8 Å². The van der Waals surface area contributed by atoms with Crippen LogP contribution in [0.15, 0.2) is 36.4 Å². The Hall–Kier alpha value is -4.08. The normalized spacial score (nSPS) is 11.4. The maximum atomic E-state index is 12.6. The summed E-state index contributed by atoms with van der Waals surface area (Å²) in [7, 11) is 0. The molecular weight excluding hydrogens is 560 g/mol. The number of hydrogen-bond donors (Lipinski definition) is 6. The lowest BCUT2D eigenvalue weighted by atomic mass is 9.97. The second-order valence-corrected chi connectivity index (χ2v) is 11.2. The third-order valence-corrected chi connectivity index (χ3v) is 7.76. The van der Waals surface area contributed by atoms with Crippen molar-refractivity contribution in [2.75, 3.05) is 0 Å². The van der Waals surface area contributed by atoms with Crippen molar-refractivity contribution in [3.8, 4) is 11.5 Å². The van der Waals surface area contributed by atoms with Gasteiger partial charge in [0.15, 0.2) is 0 Å². The minimum atomic E-state index is -0.557. The molecule has 10 nitrogen and oxygen atoms in total. The molecule has 44 heavy (non-hydrogen) atoms. The molecule has 0 aromatic heterocycles. The largest absolute Gasteiger partial charge is 0.507 e. The van der Waals surface area contributed by atoms with Crippen molar-refractivity contribution < 1.29 is 29.4 Å². The van der Waals surface area contributed by atoms with E-state index in [1.54, 1.807) is 24.3 Å². The predicted molar refractivity (Wildman–Crippen MR) is 171 cm³/mol. The number of hydrazine groups is 2. The van der Waals surface area contributed by atoms with E-state index < -0.39 is 11.8 Å². The zero-order valence-electron chi connectivity index (χ0n) is 26.5. The molecule has 0 heterocycles. The molecule has 1 atom stereocenters. The van der Waals surface area contributed by atoms with Crippen LogP contribution in [0.3, 0.4) is 0 Å². The Bertz CT molecular complexity index is 1230. The molecule has 0 radical (unpaired) electrons. The van der Waals surface area contributed by atoms with E-state index in [0.29, 0.717) is 43.2 Å². The average molecular weight is 611 g/mol. The summed E-state index contributed by atoms with van der Waals surface area (Å²) < 4.78 is 0. The number of carbonyl (C=O) groups is 4. The molecule has 0 aliphatic rings. The lowest BCUT2D eigenvalue weighted by Gasteiger charge is -2.16. The number of para-hydroxylation sites is 2. The summed E-state index contributed by atoms with van der Waals surface area (Å²) in [6.45, 7) is 6.04. The van der Waals surface area contributed by atoms with Gasteiger partial charge < -0.3 is 10.2 Å². The number of amides is 4. The molecule has 0 aliphatic carbocycles. The Morgan fingerprint density at radius 3 is 1.66 bits per heavy atom. The van der Waals surface area contributed by atoms with Crippen LogP contribution in [0.2, 0.25) is 0 Å². The third kappa shape index (κ3) is 11.9. The fraction of sp³-hybridized carbons (Fsp3) is 0.529. The SMILES string of the molecule is CCCCc1cccc(C(=O)NNC(=O)CCCCCCCC(CC)C(=O)NNC(=O)c2cccc(CCCC)c2O)c1O. The molecule has 0 saturated heterocycles. The van der Waals surface area contributed by atoms with Crippen LogP contribution in [-0.2, 0) is 22.4 Å². The first-order valence-corrected chi connectivity index (χ1v) is 16.0. The minimum absolute atomic E-state index is 0.0503. The number of phenols is 2. The quantitative estimate of drug-likeness (QED) is 0.0930. The van der Waals surface area contributed by atoms with Crippen molar-refractivity contribution in [2.45, 2.75) is 111 Å². The number of rotatable bonds is 18. The lowest BCUT2D eigenvalue weighted by molar-refractivity contribution is -0.126. The summed E-state index contributed by atoms with van der Waals surface area (Å²) in [4.78, 5) is 49.8. The smallest absolute Gasteiger partial charge is 0.273 e. The fourth-order valence-electron chi connectivity index (χ4n) is 4.96. The second kappa shape index (κ2) is 20.0. The molecule has 2 rings (SSSR count). The highest BCUT2D eigenvalue weighted by Crippen LogP contribution is 2.25. The summed E-state index contributed by atoms with van der Waals surface area (Å²) in [5.74, 6) is -2.02. The van der Waals surface area contributed by atoms with Crippen LogP contribution in [0.25, 0.3) is 0 Å². The van der Waals surface area contributed by atoms with E-state index in [2.05, 4.69) is 35.6 Å². The molecule has 2 aromatic carbocycles. The highest BCUT2D eigenvalue weighted by molar-refractivity contribution is 5.98. The number of hydrogen-bond acceptors (Lipinski definition) is 6. The molecule has 0 spiro atoms. The summed E-state index contributed by atoms with van der Waals surface area (Å²) in [5, 5.41) is 20.8. The molecule has 2 aromatic rings. The van der Waals surface area contributed by atoms with Crippen molar-refractivity contribution in [1.29, 1.82) is 0 Å². The van der Waals surface area contributed by atoms with Gasteiger partial charge in [-0.3, -0.25) is 40.9 Å². The van der Waals surface area contributed by atoms with Crippen molar-refractivity contribution in [3.63, 3.8) is 0 Å². The summed E-state index contributed by atoms with van der Waals surface area (Å²) in [6, 6.07) is 10.1. The number of unbranched alkanes of at least 4 members (excludes halogenated alkanes) is 6. The van der Waals surface area contributed by atoms with Crippen LogP contribution in [-0.4, -0.2) is 33.8 Å². The monoisotopic (exact) mass is 610 g/mol. The summed E-state index contributed by atoms with van der Waals surface area (Å²) in [5.41, 5.74) is 11.4. The Balaban J connectivity index is 1.63. The van der Waals surface area contributed by atoms with E-state index in [1.165, 1.54) is 12.1 Å². The third-order valence-electron chi connectivity index (χ3n) is 7.76. The van der Waals surface area contributed by atoms with Gasteiger partial charge in [0.1, 0.15) is 11.5 Å². The molecule has 4 amide bonds. The Kier molecular flexibility index (Phi) is 16.4. The molecule has 6 N–H and O–H groups in total. The van der Waals surface area contributed by atoms with E-state index in [9.17, 15) is 29.4 Å². The standard InChI is InChI=1S/C34H50N4O6/c1-4-7-16-25-19-14-21-27(30(25)40)33(43)37-35-29(39)23-13-11-9-10-12-18-24(6-3)32(42)36-38-34(44)28-22-15-20-26(31(28)41)17-8-5-2/h14-15,19-22,24,40-41H,4-13,16-18,23H2,1-3H3,(H,35,39)(H,36,42)(H,37,43)(H,38,44). The molecular formula is C34H50N4O6. The number of benzene rings is 2. The van der Waals surface area contributed by atoms with E-state index >= 15 is 0 Å². The maximum absolute atomic E-state index is 12.6. The zero-order chi connectivity index (χ0) is 32.3. The van der Waals surface area contributed by atoms with Gasteiger partial charge >= 0.3 is 0 Å². The van der Waals surface area contributed by atoms with Crippen LogP contribution in [0, 0.1) is 5.92 Å². The van der Waals surface area contributed by atoms with Crippen LogP contribution >= 0.6 is 0 Å². The van der Waals surface area contributed by atoms with Gasteiger partial charge in [0.25, 0.3) is 11.8 Å². The van der Waals surface area contributed by atoms with Gasteiger partial charge in [0, 0.05) is 12.3 Å². The molecule has 242 valence electrons. The Morgan fingerprint density at radius 2 is 1.14 bits per heavy atom. The topological polar surface area (TPSA) is 157 Å². The highest BCUT2D eigenvalue weighted by atomic mass is 16.3. The molecule has 0 saturated carbocycles. The van der Waals surface area contributed by atoms with E-state index in [0.717, 1.165) is 51.4 Å². The van der Waals surface area contributed by atoms with Crippen molar-refractivity contribution >= 4 is 23.6 Å². The maximum Gasteiger partial charge on any atom is 0.273 e. The fourth-order valence-corrected chi connectivity index (χ4v) is 4.96. The summed E-state index contributed by atoms with van der Waals surface area (Å²) in [6.07, 6.45) is 10.8. The van der Waals surface area contributed by atoms with Gasteiger partial charge in [-0.05, 0) is 68.2 Å². The van der Waals surface area contributed by atoms with Crippen LogP contribution in [0.5, 0.6) is 11.5 Å². The molecule has 0 fully saturated rings. The van der Waals surface area contributed by atoms with Gasteiger partial charge in [0.05, 0.1) is 11.1 Å². The number of phenolic OH excluding ortho intramolecular Hbond substituents is 2. The number of carbonyl (C=O) groups excluding carboxylic acids is 4. The predicted octanol–water partition coefficient (Wildman–Crippen LogP) is 5.76. The van der Waals surface area contributed by atoms with Crippen molar-refractivity contribution in [2.24, 2.45) is 5.92 Å². The molecule has 0 bridgehead atoms. The van der Waals surface area contributed by atoms with Gasteiger partial charge in [-0.1, -0.05) is 83.6 Å². The van der Waals surface area contributed by atoms with Crippen LogP contribution in [0.4, 0.5) is 0 Å². The van der Waals surface area contributed by atoms with Crippen molar-refractivity contribution in [1.82, 2.24) is 21.7 Å². The first kappa shape index (κ1) is 36.1. The highest BCUT2D eigenvalue weighted by Gasteiger charge is 2.19. The molecule has 0 aliphatic heterocycles. The number of aromatic hydroxyl groups is 2. The minimum Gasteiger partial charge on any atom is -0.507 e. The van der Waals surface area contributed by atoms with Gasteiger partial charge in [-0.25, -0.2) is 0 Å². The van der Waals surface area contributed by atoms with E-state index in [1.807, 2.05) is 6.92 Å². The summed E-state index contributed by atoms with van der Waals surface area (Å²) >= 11 is 0. The van der Waals surface area contributed by atoms with E-state index in [-0.39, 0.29) is 46.8 Å². The van der Waals surface area contributed by atoms with Gasteiger partial charge in [-0.2, -0.15) is 0 Å². The lowest BCUT2D eigenvalue weighted by Crippen LogP contribution is -2.44. The first-order valence-electron chi connectivity index (χ1n) is 16.0. The molecule has 10 heteroatoms. The first-order chi connectivity index (χ1) is 21.2. The van der Waals surface area contributed by atoms with Gasteiger partial charge in [-0.15, -0.1) is 0 Å². The van der Waals surface area contributed by atoms with Crippen LogP contribution in [0.1, 0.15) is 130 Å². The van der Waals surface area contributed by atoms with E-state index in [4.69, 9.17) is 0 Å². The van der Waals surface area contributed by atoms with Crippen LogP contribution < -0.4 is 21.7 Å². The zero-order valence-corrected chi connectivity index (χ0v) is 26.5. The van der Waals surface area contributed by atoms with Crippen molar-refractivity contribution in [3.05, 3.63) is 58.7 Å². The molecule has 1 unspecified atom stereocenters. The Morgan fingerprint density at radius 1 is 0.636 bits per heavy atom.